The van der Waals surface area contributed by atoms with Crippen LogP contribution in [0.5, 0.6) is 5.75 Å². The molecule has 1 aliphatic heterocycles. The van der Waals surface area contributed by atoms with E-state index in [1.54, 1.807) is 24.3 Å². The number of likely N-dealkylation sites (tertiary alicyclic amines) is 1. The summed E-state index contributed by atoms with van der Waals surface area (Å²) in [5.74, 6) is 0.844. The van der Waals surface area contributed by atoms with Gasteiger partial charge in [0.25, 0.3) is 0 Å². The van der Waals surface area contributed by atoms with Crippen LogP contribution < -0.4 is 10.5 Å². The van der Waals surface area contributed by atoms with Crippen LogP contribution in [0.4, 0.5) is 0 Å². The van der Waals surface area contributed by atoms with Gasteiger partial charge in [-0.3, -0.25) is 4.79 Å². The molecule has 104 valence electrons. The van der Waals surface area contributed by atoms with E-state index < -0.39 is 0 Å². The maximum Gasteiger partial charge on any atom is 0.226 e. The highest BCUT2D eigenvalue weighted by molar-refractivity contribution is 6.30. The fourth-order valence-electron chi connectivity index (χ4n) is 2.18. The zero-order valence-corrected chi connectivity index (χ0v) is 11.6. The van der Waals surface area contributed by atoms with Crippen LogP contribution >= 0.6 is 11.6 Å². The molecule has 2 rings (SSSR count). The largest absolute Gasteiger partial charge is 0.493 e. The number of benzene rings is 1. The molecule has 19 heavy (non-hydrogen) atoms. The molecule has 0 saturated carbocycles. The first kappa shape index (κ1) is 14.2. The second-order valence-corrected chi connectivity index (χ2v) is 5.23. The summed E-state index contributed by atoms with van der Waals surface area (Å²) in [5.41, 5.74) is 5.86. The van der Waals surface area contributed by atoms with Crippen LogP contribution in [-0.4, -0.2) is 36.5 Å². The number of carbonyl (C=O) groups excluding carboxylic acids is 1. The monoisotopic (exact) mass is 282 g/mol. The van der Waals surface area contributed by atoms with Gasteiger partial charge >= 0.3 is 0 Å². The predicted octanol–water partition coefficient (Wildman–Crippen LogP) is 2.06. The molecule has 0 bridgehead atoms. The van der Waals surface area contributed by atoms with Crippen molar-refractivity contribution < 1.29 is 9.53 Å². The Morgan fingerprint density at radius 2 is 2.16 bits per heavy atom. The van der Waals surface area contributed by atoms with Gasteiger partial charge in [0.15, 0.2) is 0 Å². The van der Waals surface area contributed by atoms with E-state index in [1.165, 1.54) is 0 Å². The van der Waals surface area contributed by atoms with Gasteiger partial charge in [-0.1, -0.05) is 11.6 Å². The maximum absolute atomic E-state index is 12.0. The molecule has 1 fully saturated rings. The second kappa shape index (κ2) is 6.78. The molecule has 0 radical (unpaired) electrons. The van der Waals surface area contributed by atoms with Crippen LogP contribution in [0.15, 0.2) is 24.3 Å². The fraction of sp³-hybridized carbons (Fsp3) is 0.500. The molecular weight excluding hydrogens is 264 g/mol. The Morgan fingerprint density at radius 1 is 1.42 bits per heavy atom. The number of hydrogen-bond acceptors (Lipinski definition) is 3. The molecule has 0 spiro atoms. The lowest BCUT2D eigenvalue weighted by Crippen LogP contribution is -2.46. The standard InChI is InChI=1S/C14H19ClN2O2/c15-11-3-5-13(6-4-11)19-9-7-14(18)17-8-1-2-12(16)10-17/h3-6,12H,1-2,7-10,16H2. The first-order valence-electron chi connectivity index (χ1n) is 6.57. The Bertz CT molecular complexity index is 422. The smallest absolute Gasteiger partial charge is 0.226 e. The lowest BCUT2D eigenvalue weighted by atomic mass is 10.1. The van der Waals surface area contributed by atoms with Crippen LogP contribution in [0.1, 0.15) is 19.3 Å². The summed E-state index contributed by atoms with van der Waals surface area (Å²) in [6.07, 6.45) is 2.38. The molecule has 1 aromatic carbocycles. The van der Waals surface area contributed by atoms with Crippen molar-refractivity contribution in [2.45, 2.75) is 25.3 Å². The van der Waals surface area contributed by atoms with Crippen LogP contribution in [0.25, 0.3) is 0 Å². The van der Waals surface area contributed by atoms with Crippen LogP contribution in [0, 0.1) is 0 Å². The minimum atomic E-state index is 0.115. The summed E-state index contributed by atoms with van der Waals surface area (Å²) in [6.45, 7) is 1.86. The van der Waals surface area contributed by atoms with Crippen molar-refractivity contribution in [3.8, 4) is 5.75 Å². The quantitative estimate of drug-likeness (QED) is 0.920. The average molecular weight is 283 g/mol. The van der Waals surface area contributed by atoms with Crippen molar-refractivity contribution in [3.63, 3.8) is 0 Å². The fourth-order valence-corrected chi connectivity index (χ4v) is 2.31. The van der Waals surface area contributed by atoms with E-state index in [4.69, 9.17) is 22.1 Å². The van der Waals surface area contributed by atoms with Gasteiger partial charge in [0, 0.05) is 24.2 Å². The lowest BCUT2D eigenvalue weighted by molar-refractivity contribution is -0.132. The highest BCUT2D eigenvalue weighted by Gasteiger charge is 2.20. The van der Waals surface area contributed by atoms with E-state index in [9.17, 15) is 4.79 Å². The Kier molecular flexibility index (Phi) is 5.05. The van der Waals surface area contributed by atoms with E-state index in [2.05, 4.69) is 0 Å². The van der Waals surface area contributed by atoms with Gasteiger partial charge in [-0.15, -0.1) is 0 Å². The zero-order chi connectivity index (χ0) is 13.7. The molecule has 1 atom stereocenters. The molecule has 2 N–H and O–H groups in total. The third kappa shape index (κ3) is 4.40. The minimum absolute atomic E-state index is 0.115. The molecule has 5 heteroatoms. The van der Waals surface area contributed by atoms with Crippen LogP contribution in [-0.2, 0) is 4.79 Å². The van der Waals surface area contributed by atoms with Gasteiger partial charge in [-0.25, -0.2) is 0 Å². The van der Waals surface area contributed by atoms with Crippen LogP contribution in [0.2, 0.25) is 5.02 Å². The van der Waals surface area contributed by atoms with Crippen molar-refractivity contribution in [2.24, 2.45) is 5.73 Å². The maximum atomic E-state index is 12.0. The van der Waals surface area contributed by atoms with E-state index in [0.717, 1.165) is 25.1 Å². The molecule has 4 nitrogen and oxygen atoms in total. The molecule has 0 aliphatic carbocycles. The number of ether oxygens (including phenoxy) is 1. The summed E-state index contributed by atoms with van der Waals surface area (Å²) in [4.78, 5) is 13.8. The van der Waals surface area contributed by atoms with E-state index in [-0.39, 0.29) is 11.9 Å². The first-order chi connectivity index (χ1) is 9.15. The Morgan fingerprint density at radius 3 is 2.84 bits per heavy atom. The zero-order valence-electron chi connectivity index (χ0n) is 10.8. The van der Waals surface area contributed by atoms with Crippen molar-refractivity contribution in [1.29, 1.82) is 0 Å². The first-order valence-corrected chi connectivity index (χ1v) is 6.94. The molecule has 1 amide bonds. The van der Waals surface area contributed by atoms with E-state index in [0.29, 0.717) is 24.6 Å². The molecule has 1 saturated heterocycles. The Balaban J connectivity index is 1.73. The lowest BCUT2D eigenvalue weighted by Gasteiger charge is -2.30. The number of nitrogens with two attached hydrogens (primary N) is 1. The van der Waals surface area contributed by atoms with Crippen molar-refractivity contribution in [3.05, 3.63) is 29.3 Å². The highest BCUT2D eigenvalue weighted by Crippen LogP contribution is 2.16. The minimum Gasteiger partial charge on any atom is -0.493 e. The molecule has 1 heterocycles. The summed E-state index contributed by atoms with van der Waals surface area (Å²) < 4.78 is 5.51. The SMILES string of the molecule is NC1CCCN(C(=O)CCOc2ccc(Cl)cc2)C1. The van der Waals surface area contributed by atoms with Gasteiger partial charge in [0.05, 0.1) is 13.0 Å². The summed E-state index contributed by atoms with van der Waals surface area (Å²) in [7, 11) is 0. The van der Waals surface area contributed by atoms with Crippen molar-refractivity contribution in [2.75, 3.05) is 19.7 Å². The summed E-state index contributed by atoms with van der Waals surface area (Å²) in [5, 5.41) is 0.672. The number of amides is 1. The molecule has 1 aromatic rings. The number of nitrogens with zero attached hydrogens (tertiary/aromatic N) is 1. The third-order valence-electron chi connectivity index (χ3n) is 3.21. The second-order valence-electron chi connectivity index (χ2n) is 4.79. The van der Waals surface area contributed by atoms with Gasteiger partial charge < -0.3 is 15.4 Å². The molecule has 1 unspecified atom stereocenters. The van der Waals surface area contributed by atoms with E-state index in [1.807, 2.05) is 4.90 Å². The summed E-state index contributed by atoms with van der Waals surface area (Å²) in [6, 6.07) is 7.24. The van der Waals surface area contributed by atoms with Gasteiger partial charge in [-0.2, -0.15) is 0 Å². The Labute approximate surface area is 118 Å². The van der Waals surface area contributed by atoms with E-state index >= 15 is 0 Å². The topological polar surface area (TPSA) is 55.6 Å². The number of piperidine rings is 1. The van der Waals surface area contributed by atoms with Crippen molar-refractivity contribution >= 4 is 17.5 Å². The Hall–Kier alpha value is -1.26. The number of halogens is 1. The highest BCUT2D eigenvalue weighted by atomic mass is 35.5. The number of rotatable bonds is 4. The summed E-state index contributed by atoms with van der Waals surface area (Å²) >= 11 is 5.78. The normalized spacial score (nSPS) is 19.3. The predicted molar refractivity (Wildman–Crippen MR) is 75.4 cm³/mol. The number of hydrogen-bond donors (Lipinski definition) is 1. The van der Waals surface area contributed by atoms with Crippen LogP contribution in [0.3, 0.4) is 0 Å². The molecule has 1 aliphatic rings. The van der Waals surface area contributed by atoms with Gasteiger partial charge in [0.1, 0.15) is 5.75 Å². The van der Waals surface area contributed by atoms with Gasteiger partial charge in [-0.05, 0) is 37.1 Å². The van der Waals surface area contributed by atoms with Gasteiger partial charge in [0.2, 0.25) is 5.91 Å². The third-order valence-corrected chi connectivity index (χ3v) is 3.46. The molecule has 0 aromatic heterocycles. The average Bonchev–Trinajstić information content (AvgIpc) is 2.41. The molecular formula is C14H19ClN2O2. The van der Waals surface area contributed by atoms with Crippen molar-refractivity contribution in [1.82, 2.24) is 4.90 Å². The number of carbonyl (C=O) groups is 1.